The summed E-state index contributed by atoms with van der Waals surface area (Å²) in [5.41, 5.74) is 0.704. The molecule has 0 heterocycles. The van der Waals surface area contributed by atoms with Gasteiger partial charge in [-0.15, -0.1) is 0 Å². The fourth-order valence-electron chi connectivity index (χ4n) is 2.83. The highest BCUT2D eigenvalue weighted by Crippen LogP contribution is 2.26. The van der Waals surface area contributed by atoms with E-state index in [9.17, 15) is 19.1 Å². The number of halogens is 1. The van der Waals surface area contributed by atoms with Gasteiger partial charge in [0.15, 0.2) is 0 Å². The number of hydrogen-bond acceptors (Lipinski definition) is 3. The van der Waals surface area contributed by atoms with Gasteiger partial charge in [0.1, 0.15) is 5.82 Å². The van der Waals surface area contributed by atoms with Crippen LogP contribution in [-0.2, 0) is 16.1 Å². The average Bonchev–Trinajstić information content (AvgIpc) is 2.59. The fourth-order valence-corrected chi connectivity index (χ4v) is 2.83. The summed E-state index contributed by atoms with van der Waals surface area (Å²) in [4.78, 5) is 23.4. The lowest BCUT2D eigenvalue weighted by molar-refractivity contribution is -0.139. The summed E-state index contributed by atoms with van der Waals surface area (Å²) in [7, 11) is 0. The molecule has 6 heteroatoms. The molecule has 0 aromatic heterocycles. The quantitative estimate of drug-likeness (QED) is 0.719. The smallest absolute Gasteiger partial charge is 0.309 e. The first-order valence-electron chi connectivity index (χ1n) is 8.05. The second-order valence-electron chi connectivity index (χ2n) is 5.98. The molecule has 1 saturated carbocycles. The third kappa shape index (κ3) is 5.63. The molecule has 1 aliphatic carbocycles. The summed E-state index contributed by atoms with van der Waals surface area (Å²) in [6.45, 7) is 0.241. The third-order valence-corrected chi connectivity index (χ3v) is 4.24. The number of aliphatic hydroxyl groups is 1. The van der Waals surface area contributed by atoms with E-state index in [1.54, 1.807) is 12.1 Å². The highest BCUT2D eigenvalue weighted by atomic mass is 19.1. The predicted molar refractivity (Wildman–Crippen MR) is 83.8 cm³/mol. The summed E-state index contributed by atoms with van der Waals surface area (Å²) in [6.07, 6.45) is 4.73. The molecule has 0 unspecified atom stereocenters. The Morgan fingerprint density at radius 1 is 1.09 bits per heavy atom. The third-order valence-electron chi connectivity index (χ3n) is 4.24. The number of benzene rings is 1. The Balaban J connectivity index is 1.69. The first-order chi connectivity index (χ1) is 11.1. The van der Waals surface area contributed by atoms with Gasteiger partial charge < -0.3 is 15.7 Å². The lowest BCUT2D eigenvalue weighted by Crippen LogP contribution is -2.44. The summed E-state index contributed by atoms with van der Waals surface area (Å²) in [6, 6.07) is 5.67. The van der Waals surface area contributed by atoms with Crippen molar-refractivity contribution in [2.24, 2.45) is 5.92 Å². The monoisotopic (exact) mass is 322 g/mol. The van der Waals surface area contributed by atoms with Crippen LogP contribution in [0, 0.1) is 11.7 Å². The highest BCUT2D eigenvalue weighted by molar-refractivity contribution is 6.35. The van der Waals surface area contributed by atoms with E-state index in [0.717, 1.165) is 25.7 Å². The van der Waals surface area contributed by atoms with E-state index in [2.05, 4.69) is 10.6 Å². The van der Waals surface area contributed by atoms with Gasteiger partial charge in [0, 0.05) is 13.1 Å². The summed E-state index contributed by atoms with van der Waals surface area (Å²) in [5, 5.41) is 15.0. The maximum atomic E-state index is 12.8. The van der Waals surface area contributed by atoms with Gasteiger partial charge in [0.05, 0.1) is 6.10 Å². The minimum Gasteiger partial charge on any atom is -0.391 e. The summed E-state index contributed by atoms with van der Waals surface area (Å²) in [5.74, 6) is -1.67. The fraction of sp³-hybridized carbons (Fsp3) is 0.529. The molecular weight excluding hydrogens is 299 g/mol. The SMILES string of the molecule is O=C(NCc1ccc(F)cc1)C(=O)NC[C@@H](O)C1CCCCC1. The molecule has 5 nitrogen and oxygen atoms in total. The molecule has 0 radical (unpaired) electrons. The van der Waals surface area contributed by atoms with Crippen molar-refractivity contribution in [3.63, 3.8) is 0 Å². The van der Waals surface area contributed by atoms with Crippen molar-refractivity contribution in [3.05, 3.63) is 35.6 Å². The first kappa shape index (κ1) is 17.4. The van der Waals surface area contributed by atoms with Crippen LogP contribution in [-0.4, -0.2) is 29.6 Å². The van der Waals surface area contributed by atoms with Gasteiger partial charge in [-0.1, -0.05) is 31.4 Å². The molecule has 126 valence electrons. The molecule has 2 amide bonds. The van der Waals surface area contributed by atoms with Crippen LogP contribution in [0.1, 0.15) is 37.7 Å². The Morgan fingerprint density at radius 2 is 1.70 bits per heavy atom. The van der Waals surface area contributed by atoms with Gasteiger partial charge in [0.25, 0.3) is 0 Å². The second-order valence-corrected chi connectivity index (χ2v) is 5.98. The van der Waals surface area contributed by atoms with Crippen molar-refractivity contribution in [1.82, 2.24) is 10.6 Å². The molecule has 2 rings (SSSR count). The van der Waals surface area contributed by atoms with Gasteiger partial charge in [-0.25, -0.2) is 4.39 Å². The van der Waals surface area contributed by atoms with Crippen molar-refractivity contribution >= 4 is 11.8 Å². The minimum atomic E-state index is -0.762. The van der Waals surface area contributed by atoms with Crippen LogP contribution >= 0.6 is 0 Å². The Labute approximate surface area is 135 Å². The second kappa shape index (κ2) is 8.62. The molecule has 0 saturated heterocycles. The van der Waals surface area contributed by atoms with Crippen molar-refractivity contribution in [2.75, 3.05) is 6.54 Å². The number of carbonyl (C=O) groups excluding carboxylic acids is 2. The largest absolute Gasteiger partial charge is 0.391 e. The van der Waals surface area contributed by atoms with Gasteiger partial charge >= 0.3 is 11.8 Å². The molecule has 0 spiro atoms. The zero-order valence-electron chi connectivity index (χ0n) is 13.1. The van der Waals surface area contributed by atoms with E-state index in [0.29, 0.717) is 5.56 Å². The van der Waals surface area contributed by atoms with E-state index in [4.69, 9.17) is 0 Å². The van der Waals surface area contributed by atoms with Crippen molar-refractivity contribution in [2.45, 2.75) is 44.8 Å². The molecule has 3 N–H and O–H groups in total. The Morgan fingerprint density at radius 3 is 2.35 bits per heavy atom. The van der Waals surface area contributed by atoms with E-state index < -0.39 is 17.9 Å². The van der Waals surface area contributed by atoms with Crippen molar-refractivity contribution < 1.29 is 19.1 Å². The molecular formula is C17H23FN2O3. The van der Waals surface area contributed by atoms with Crippen LogP contribution in [0.2, 0.25) is 0 Å². The number of rotatable bonds is 5. The van der Waals surface area contributed by atoms with Crippen LogP contribution < -0.4 is 10.6 Å². The summed E-state index contributed by atoms with van der Waals surface area (Å²) >= 11 is 0. The predicted octanol–water partition coefficient (Wildman–Crippen LogP) is 1.50. The summed E-state index contributed by atoms with van der Waals surface area (Å²) < 4.78 is 12.8. The number of amides is 2. The highest BCUT2D eigenvalue weighted by Gasteiger charge is 2.23. The van der Waals surface area contributed by atoms with Crippen LogP contribution in [0.15, 0.2) is 24.3 Å². The molecule has 1 fully saturated rings. The van der Waals surface area contributed by atoms with Crippen LogP contribution in [0.3, 0.4) is 0 Å². The molecule has 1 aliphatic rings. The Hall–Kier alpha value is -1.95. The normalized spacial score (nSPS) is 16.6. The lowest BCUT2D eigenvalue weighted by atomic mass is 9.85. The van der Waals surface area contributed by atoms with Crippen molar-refractivity contribution in [3.8, 4) is 0 Å². The molecule has 1 aromatic rings. The molecule has 1 atom stereocenters. The zero-order chi connectivity index (χ0) is 16.7. The van der Waals surface area contributed by atoms with E-state index in [1.807, 2.05) is 0 Å². The topological polar surface area (TPSA) is 78.4 Å². The number of nitrogens with one attached hydrogen (secondary N) is 2. The molecule has 0 aliphatic heterocycles. The molecule has 1 aromatic carbocycles. The number of aliphatic hydroxyl groups excluding tert-OH is 1. The van der Waals surface area contributed by atoms with E-state index >= 15 is 0 Å². The van der Waals surface area contributed by atoms with E-state index in [-0.39, 0.29) is 24.8 Å². The van der Waals surface area contributed by atoms with Crippen LogP contribution in [0.5, 0.6) is 0 Å². The first-order valence-corrected chi connectivity index (χ1v) is 8.05. The van der Waals surface area contributed by atoms with Gasteiger partial charge in [0.2, 0.25) is 0 Å². The number of hydrogen-bond donors (Lipinski definition) is 3. The molecule has 23 heavy (non-hydrogen) atoms. The average molecular weight is 322 g/mol. The van der Waals surface area contributed by atoms with Gasteiger partial charge in [-0.2, -0.15) is 0 Å². The maximum absolute atomic E-state index is 12.8. The van der Waals surface area contributed by atoms with Crippen molar-refractivity contribution in [1.29, 1.82) is 0 Å². The zero-order valence-corrected chi connectivity index (χ0v) is 13.1. The van der Waals surface area contributed by atoms with Gasteiger partial charge in [-0.3, -0.25) is 9.59 Å². The van der Waals surface area contributed by atoms with Gasteiger partial charge in [-0.05, 0) is 36.5 Å². The Bertz CT molecular complexity index is 527. The lowest BCUT2D eigenvalue weighted by Gasteiger charge is -2.26. The minimum absolute atomic E-state index is 0.0907. The van der Waals surface area contributed by atoms with Crippen LogP contribution in [0.4, 0.5) is 4.39 Å². The standard InChI is InChI=1S/C17H23FN2O3/c18-14-8-6-12(7-9-14)10-19-16(22)17(23)20-11-15(21)13-4-2-1-3-5-13/h6-9,13,15,21H,1-5,10-11H2,(H,19,22)(H,20,23)/t15-/m1/s1. The van der Waals surface area contributed by atoms with Crippen LogP contribution in [0.25, 0.3) is 0 Å². The van der Waals surface area contributed by atoms with E-state index in [1.165, 1.54) is 18.6 Å². The molecule has 0 bridgehead atoms. The Kier molecular flexibility index (Phi) is 6.52. The number of carbonyl (C=O) groups is 2. The maximum Gasteiger partial charge on any atom is 0.309 e.